The Balaban J connectivity index is 1.86. The number of carbonyl (C=O) groups is 1. The van der Waals surface area contributed by atoms with E-state index in [1.807, 2.05) is 24.3 Å². The first-order chi connectivity index (χ1) is 12.9. The van der Waals surface area contributed by atoms with E-state index in [2.05, 4.69) is 20.7 Å². The molecule has 2 aromatic rings. The number of hydrogen-bond acceptors (Lipinski definition) is 4. The molecule has 0 atom stereocenters. The average molecular weight is 460 g/mol. The molecule has 146 valence electrons. The van der Waals surface area contributed by atoms with E-state index in [1.54, 1.807) is 24.1 Å². The van der Waals surface area contributed by atoms with Gasteiger partial charge in [-0.1, -0.05) is 40.2 Å². The maximum Gasteiger partial charge on any atom is 0.387 e. The van der Waals surface area contributed by atoms with E-state index in [4.69, 9.17) is 4.74 Å². The molecule has 2 rings (SSSR count). The van der Waals surface area contributed by atoms with Crippen LogP contribution in [-0.2, 0) is 17.1 Å². The summed E-state index contributed by atoms with van der Waals surface area (Å²) < 4.78 is 35.2. The first-order valence-electron chi connectivity index (χ1n) is 8.07. The Morgan fingerprint density at radius 2 is 1.96 bits per heavy atom. The van der Waals surface area contributed by atoms with Gasteiger partial charge in [0.2, 0.25) is 5.91 Å². The normalized spacial score (nSPS) is 10.7. The van der Waals surface area contributed by atoms with Crippen LogP contribution in [0.15, 0.2) is 46.9 Å². The molecule has 0 saturated carbocycles. The molecule has 0 unspecified atom stereocenters. The first kappa shape index (κ1) is 21.5. The fourth-order valence-corrected chi connectivity index (χ4v) is 3.65. The number of rotatable bonds is 9. The molecule has 1 amide bonds. The number of hydrogen-bond donors (Lipinski definition) is 0. The number of halogens is 3. The van der Waals surface area contributed by atoms with Gasteiger partial charge in [-0.05, 0) is 29.3 Å². The molecule has 2 aromatic carbocycles. The predicted octanol–water partition coefficient (Wildman–Crippen LogP) is 4.95. The Bertz CT molecular complexity index is 776. The molecule has 0 aliphatic heterocycles. The number of carbonyl (C=O) groups excluding carboxylic acids is 1. The molecule has 0 N–H and O–H groups in total. The number of methoxy groups -OCH3 is 1. The van der Waals surface area contributed by atoms with E-state index in [0.29, 0.717) is 18.1 Å². The van der Waals surface area contributed by atoms with Crippen LogP contribution in [0.2, 0.25) is 0 Å². The molecule has 0 radical (unpaired) electrons. The molecule has 0 saturated heterocycles. The van der Waals surface area contributed by atoms with Crippen LogP contribution in [0.4, 0.5) is 8.78 Å². The molecule has 0 bridgehead atoms. The second-order valence-electron chi connectivity index (χ2n) is 5.70. The zero-order chi connectivity index (χ0) is 19.8. The monoisotopic (exact) mass is 459 g/mol. The molecular formula is C19H20BrF2NO3S. The van der Waals surface area contributed by atoms with Crippen LogP contribution in [0, 0.1) is 0 Å². The lowest BCUT2D eigenvalue weighted by molar-refractivity contribution is -0.127. The number of ether oxygens (including phenoxy) is 2. The Kier molecular flexibility index (Phi) is 8.37. The number of benzene rings is 2. The lowest BCUT2D eigenvalue weighted by Crippen LogP contribution is -2.28. The van der Waals surface area contributed by atoms with Gasteiger partial charge in [-0.25, -0.2) is 0 Å². The maximum atomic E-state index is 12.4. The fraction of sp³-hybridized carbons (Fsp3) is 0.316. The lowest BCUT2D eigenvalue weighted by atomic mass is 10.2. The molecule has 0 fully saturated rings. The van der Waals surface area contributed by atoms with Gasteiger partial charge in [0, 0.05) is 23.8 Å². The quantitative estimate of drug-likeness (QED) is 0.531. The summed E-state index contributed by atoms with van der Waals surface area (Å²) in [6, 6.07) is 12.5. The van der Waals surface area contributed by atoms with Crippen molar-refractivity contribution in [2.75, 3.05) is 19.9 Å². The van der Waals surface area contributed by atoms with Gasteiger partial charge in [-0.15, -0.1) is 11.8 Å². The highest BCUT2D eigenvalue weighted by Crippen LogP contribution is 2.30. The van der Waals surface area contributed by atoms with Gasteiger partial charge in [0.25, 0.3) is 0 Å². The van der Waals surface area contributed by atoms with E-state index in [-0.39, 0.29) is 17.4 Å². The summed E-state index contributed by atoms with van der Waals surface area (Å²) in [5.41, 5.74) is 1.90. The largest absolute Gasteiger partial charge is 0.493 e. The van der Waals surface area contributed by atoms with Crippen LogP contribution in [0.3, 0.4) is 0 Å². The van der Waals surface area contributed by atoms with Gasteiger partial charge in [0.05, 0.1) is 12.9 Å². The van der Waals surface area contributed by atoms with E-state index in [1.165, 1.54) is 24.9 Å². The number of nitrogens with zero attached hydrogens (tertiary/aromatic N) is 1. The summed E-state index contributed by atoms with van der Waals surface area (Å²) >= 11 is 4.93. The molecule has 0 heterocycles. The van der Waals surface area contributed by atoms with Crippen molar-refractivity contribution in [3.63, 3.8) is 0 Å². The van der Waals surface area contributed by atoms with Crippen LogP contribution in [-0.4, -0.2) is 37.3 Å². The number of amides is 1. The predicted molar refractivity (Wildman–Crippen MR) is 106 cm³/mol. The highest BCUT2D eigenvalue weighted by molar-refractivity contribution is 9.10. The van der Waals surface area contributed by atoms with Crippen LogP contribution in [0.25, 0.3) is 0 Å². The van der Waals surface area contributed by atoms with Gasteiger partial charge in [0.15, 0.2) is 11.5 Å². The van der Waals surface area contributed by atoms with Gasteiger partial charge >= 0.3 is 6.61 Å². The molecule has 0 aliphatic carbocycles. The standard InChI is InChI=1S/C19H20BrF2NO3S/c1-23(10-14-5-3-4-6-15(14)20)18(24)12-27-11-13-7-8-16(26-19(21)22)17(9-13)25-2/h3-9,19H,10-12H2,1-2H3. The van der Waals surface area contributed by atoms with Crippen molar-refractivity contribution in [1.29, 1.82) is 0 Å². The highest BCUT2D eigenvalue weighted by atomic mass is 79.9. The summed E-state index contributed by atoms with van der Waals surface area (Å²) in [6.45, 7) is -2.38. The summed E-state index contributed by atoms with van der Waals surface area (Å²) in [5.74, 6) is 1.12. The van der Waals surface area contributed by atoms with E-state index in [0.717, 1.165) is 15.6 Å². The summed E-state index contributed by atoms with van der Waals surface area (Å²) in [4.78, 5) is 14.0. The average Bonchev–Trinajstić information content (AvgIpc) is 2.64. The third kappa shape index (κ3) is 6.70. The highest BCUT2D eigenvalue weighted by Gasteiger charge is 2.13. The first-order valence-corrected chi connectivity index (χ1v) is 10.0. The topological polar surface area (TPSA) is 38.8 Å². The fourth-order valence-electron chi connectivity index (χ4n) is 2.33. The Labute approximate surface area is 170 Å². The van der Waals surface area contributed by atoms with Crippen molar-refractivity contribution < 1.29 is 23.0 Å². The van der Waals surface area contributed by atoms with E-state index >= 15 is 0 Å². The molecule has 8 heteroatoms. The molecule has 27 heavy (non-hydrogen) atoms. The minimum absolute atomic E-state index is 0.00880. The van der Waals surface area contributed by atoms with Gasteiger partial charge < -0.3 is 14.4 Å². The minimum Gasteiger partial charge on any atom is -0.493 e. The Morgan fingerprint density at radius 3 is 2.63 bits per heavy atom. The van der Waals surface area contributed by atoms with Gasteiger partial charge in [0.1, 0.15) is 0 Å². The van der Waals surface area contributed by atoms with Crippen molar-refractivity contribution in [2.45, 2.75) is 18.9 Å². The van der Waals surface area contributed by atoms with Gasteiger partial charge in [-0.2, -0.15) is 8.78 Å². The zero-order valence-corrected chi connectivity index (χ0v) is 17.4. The SMILES string of the molecule is COc1cc(CSCC(=O)N(C)Cc2ccccc2Br)ccc1OC(F)F. The van der Waals surface area contributed by atoms with Crippen molar-refractivity contribution in [2.24, 2.45) is 0 Å². The molecular weight excluding hydrogens is 440 g/mol. The van der Waals surface area contributed by atoms with Crippen molar-refractivity contribution >= 4 is 33.6 Å². The summed E-state index contributed by atoms with van der Waals surface area (Å²) in [5, 5.41) is 0. The van der Waals surface area contributed by atoms with Gasteiger partial charge in [-0.3, -0.25) is 4.79 Å². The van der Waals surface area contributed by atoms with Crippen LogP contribution in [0.5, 0.6) is 11.5 Å². The third-order valence-corrected chi connectivity index (χ3v) is 5.49. The van der Waals surface area contributed by atoms with Crippen molar-refractivity contribution in [3.8, 4) is 11.5 Å². The Hall–Kier alpha value is -1.80. The zero-order valence-electron chi connectivity index (χ0n) is 15.0. The van der Waals surface area contributed by atoms with Crippen LogP contribution in [0.1, 0.15) is 11.1 Å². The molecule has 0 aliphatic rings. The second-order valence-corrected chi connectivity index (χ2v) is 7.54. The number of thioether (sulfide) groups is 1. The third-order valence-electron chi connectivity index (χ3n) is 3.73. The maximum absolute atomic E-state index is 12.4. The van der Waals surface area contributed by atoms with Crippen LogP contribution >= 0.6 is 27.7 Å². The van der Waals surface area contributed by atoms with Crippen LogP contribution < -0.4 is 9.47 Å². The number of alkyl halides is 2. The van der Waals surface area contributed by atoms with E-state index < -0.39 is 6.61 Å². The molecule has 4 nitrogen and oxygen atoms in total. The minimum atomic E-state index is -2.91. The summed E-state index contributed by atoms with van der Waals surface area (Å²) in [7, 11) is 3.16. The molecule has 0 spiro atoms. The van der Waals surface area contributed by atoms with Crippen molar-refractivity contribution in [3.05, 3.63) is 58.1 Å². The lowest BCUT2D eigenvalue weighted by Gasteiger charge is -2.18. The van der Waals surface area contributed by atoms with E-state index in [9.17, 15) is 13.6 Å². The second kappa shape index (κ2) is 10.5. The summed E-state index contributed by atoms with van der Waals surface area (Å²) in [6.07, 6.45) is 0. The molecule has 0 aromatic heterocycles. The Morgan fingerprint density at radius 1 is 1.22 bits per heavy atom. The van der Waals surface area contributed by atoms with Crippen molar-refractivity contribution in [1.82, 2.24) is 4.90 Å². The smallest absolute Gasteiger partial charge is 0.387 e.